The molecule has 1 aromatic heterocycles. The van der Waals surface area contributed by atoms with Crippen molar-refractivity contribution < 1.29 is 24.5 Å². The van der Waals surface area contributed by atoms with E-state index in [-0.39, 0.29) is 48.4 Å². The molecule has 0 spiro atoms. The number of allylic oxidation sites excluding steroid dienone is 3. The lowest BCUT2D eigenvalue weighted by atomic mass is 9.78. The summed E-state index contributed by atoms with van der Waals surface area (Å²) < 4.78 is 4.96. The number of aliphatic imine (C=N–C) groups is 3. The highest BCUT2D eigenvalue weighted by Crippen LogP contribution is 2.47. The second-order valence-electron chi connectivity index (χ2n) is 12.9. The molecule has 1 aromatic rings. The van der Waals surface area contributed by atoms with Crippen molar-refractivity contribution in [3.8, 4) is 0 Å². The van der Waals surface area contributed by atoms with Gasteiger partial charge in [-0.2, -0.15) is 0 Å². The zero-order chi connectivity index (χ0) is 31.0. The van der Waals surface area contributed by atoms with E-state index in [1.807, 2.05) is 13.8 Å². The Balaban J connectivity index is 1.57. The number of hydrogen-bond acceptors (Lipinski definition) is 8. The first-order valence-corrected chi connectivity index (χ1v) is 15.5. The first-order valence-electron chi connectivity index (χ1n) is 15.5. The van der Waals surface area contributed by atoms with E-state index in [1.165, 1.54) is 7.11 Å². The molecule has 1 saturated carbocycles. The number of aromatic amines is 1. The number of fused-ring (bicyclic) bond motifs is 5. The number of nitrogens with zero attached hydrogens (tertiary/aromatic N) is 3. The summed E-state index contributed by atoms with van der Waals surface area (Å²) in [5.74, 6) is -0.431. The highest BCUT2D eigenvalue weighted by molar-refractivity contribution is 6.20. The molecule has 1 fully saturated rings. The maximum absolute atomic E-state index is 13.5. The van der Waals surface area contributed by atoms with E-state index in [2.05, 4.69) is 31.8 Å². The van der Waals surface area contributed by atoms with Gasteiger partial charge in [-0.05, 0) is 68.9 Å². The van der Waals surface area contributed by atoms with Crippen LogP contribution in [0.25, 0.3) is 6.08 Å². The molecule has 43 heavy (non-hydrogen) atoms. The van der Waals surface area contributed by atoms with Gasteiger partial charge < -0.3 is 19.9 Å². The fourth-order valence-electron chi connectivity index (χ4n) is 7.92. The topological polar surface area (TPSA) is 137 Å². The molecule has 0 aromatic carbocycles. The number of esters is 1. The van der Waals surface area contributed by atoms with Gasteiger partial charge in [-0.25, -0.2) is 0 Å². The Morgan fingerprint density at radius 3 is 2.60 bits per heavy atom. The van der Waals surface area contributed by atoms with E-state index in [9.17, 15) is 19.8 Å². The van der Waals surface area contributed by atoms with Crippen LogP contribution in [0.5, 0.6) is 0 Å². The summed E-state index contributed by atoms with van der Waals surface area (Å²) in [6.45, 7) is 11.7. The van der Waals surface area contributed by atoms with Crippen molar-refractivity contribution in [3.05, 3.63) is 51.1 Å². The van der Waals surface area contributed by atoms with Gasteiger partial charge in [0, 0.05) is 65.4 Å². The van der Waals surface area contributed by atoms with Crippen molar-refractivity contribution in [1.82, 2.24) is 4.98 Å². The first-order chi connectivity index (χ1) is 20.4. The first kappa shape index (κ1) is 29.6. The van der Waals surface area contributed by atoms with Gasteiger partial charge in [0.1, 0.15) is 11.2 Å². The molecule has 0 saturated heterocycles. The van der Waals surface area contributed by atoms with Crippen LogP contribution in [0.15, 0.2) is 43.6 Å². The molecule has 228 valence electrons. The van der Waals surface area contributed by atoms with Crippen LogP contribution in [-0.2, 0) is 27.2 Å². The normalized spacial score (nSPS) is 33.0. The minimum Gasteiger partial charge on any atom is -0.469 e. The monoisotopic (exact) mass is 586 g/mol. The molecule has 5 heterocycles. The van der Waals surface area contributed by atoms with E-state index < -0.39 is 11.2 Å². The third-order valence-corrected chi connectivity index (χ3v) is 10.8. The Labute approximate surface area is 252 Å². The van der Waals surface area contributed by atoms with Gasteiger partial charge in [-0.15, -0.1) is 0 Å². The van der Waals surface area contributed by atoms with Crippen LogP contribution in [-0.4, -0.2) is 68.4 Å². The number of methoxy groups -OCH3 is 1. The fraction of sp³-hybridized carbons (Fsp3) is 0.559. The third kappa shape index (κ3) is 4.30. The lowest BCUT2D eigenvalue weighted by Gasteiger charge is -2.35. The minimum atomic E-state index is -1.61. The highest BCUT2D eigenvalue weighted by Gasteiger charge is 2.56. The number of rotatable bonds is 5. The number of aromatic nitrogens is 1. The number of H-pyrrole nitrogens is 1. The van der Waals surface area contributed by atoms with E-state index in [0.29, 0.717) is 42.0 Å². The van der Waals surface area contributed by atoms with Crippen LogP contribution in [0.2, 0.25) is 0 Å². The van der Waals surface area contributed by atoms with Crippen LogP contribution in [0.3, 0.4) is 0 Å². The SMILES string of the molecule is CCc1c2[nH]c(c1C)C=C1N=C(C3CC(=O)C4=C(C)C(=NC43)C=C3N=C(C2)[C@@](C)(O)[C@]3(O)CC)[C@@H](CCC(=O)OC)[C@@H]1C. The van der Waals surface area contributed by atoms with Crippen LogP contribution in [0.1, 0.15) is 82.8 Å². The summed E-state index contributed by atoms with van der Waals surface area (Å²) in [6, 6.07) is -0.385. The molecule has 0 radical (unpaired) electrons. The predicted octanol–water partition coefficient (Wildman–Crippen LogP) is 4.40. The Morgan fingerprint density at radius 2 is 1.93 bits per heavy atom. The van der Waals surface area contributed by atoms with Gasteiger partial charge >= 0.3 is 5.97 Å². The van der Waals surface area contributed by atoms with Crippen molar-refractivity contribution in [1.29, 1.82) is 0 Å². The van der Waals surface area contributed by atoms with Crippen molar-refractivity contribution in [2.24, 2.45) is 32.7 Å². The molecule has 2 unspecified atom stereocenters. The van der Waals surface area contributed by atoms with E-state index in [0.717, 1.165) is 45.9 Å². The smallest absolute Gasteiger partial charge is 0.305 e. The van der Waals surface area contributed by atoms with Crippen molar-refractivity contribution in [2.45, 2.75) is 97.3 Å². The van der Waals surface area contributed by atoms with Crippen molar-refractivity contribution in [2.75, 3.05) is 7.11 Å². The molecule has 3 N–H and O–H groups in total. The summed E-state index contributed by atoms with van der Waals surface area (Å²) >= 11 is 0. The van der Waals surface area contributed by atoms with Gasteiger partial charge in [0.05, 0.1) is 30.3 Å². The minimum absolute atomic E-state index is 0.0293. The molecule has 0 amide bonds. The van der Waals surface area contributed by atoms with Gasteiger partial charge in [-0.3, -0.25) is 24.6 Å². The van der Waals surface area contributed by atoms with Gasteiger partial charge in [0.15, 0.2) is 5.78 Å². The Hall–Kier alpha value is -3.43. The molecule has 6 rings (SSSR count). The highest BCUT2D eigenvalue weighted by atomic mass is 16.5. The number of nitrogens with one attached hydrogen (secondary N) is 1. The molecule has 8 bridgehead atoms. The van der Waals surface area contributed by atoms with Crippen LogP contribution in [0, 0.1) is 24.7 Å². The molecule has 9 nitrogen and oxygen atoms in total. The van der Waals surface area contributed by atoms with E-state index in [4.69, 9.17) is 19.7 Å². The largest absolute Gasteiger partial charge is 0.469 e. The summed E-state index contributed by atoms with van der Waals surface area (Å²) in [4.78, 5) is 44.4. The number of Topliss-reactive ketones (excluding diaryl/α,β-unsaturated/α-hetero) is 1. The van der Waals surface area contributed by atoms with Gasteiger partial charge in [0.2, 0.25) is 0 Å². The van der Waals surface area contributed by atoms with E-state index >= 15 is 0 Å². The number of aliphatic hydroxyl groups is 2. The van der Waals surface area contributed by atoms with Crippen LogP contribution < -0.4 is 0 Å². The Kier molecular flexibility index (Phi) is 7.12. The zero-order valence-corrected chi connectivity index (χ0v) is 26.2. The van der Waals surface area contributed by atoms with E-state index in [1.54, 1.807) is 13.0 Å². The summed E-state index contributed by atoms with van der Waals surface area (Å²) in [5.41, 5.74) is 5.70. The molecular formula is C34H42N4O5. The number of ether oxygens (including phenoxy) is 1. The maximum Gasteiger partial charge on any atom is 0.305 e. The number of carbonyl (C=O) groups is 2. The van der Waals surface area contributed by atoms with Gasteiger partial charge in [-0.1, -0.05) is 20.8 Å². The zero-order valence-electron chi connectivity index (χ0n) is 26.2. The molecule has 9 heteroatoms. The molecular weight excluding hydrogens is 544 g/mol. The lowest BCUT2D eigenvalue weighted by molar-refractivity contribution is -0.140. The molecule has 1 aliphatic carbocycles. The van der Waals surface area contributed by atoms with Crippen LogP contribution in [0.4, 0.5) is 0 Å². The molecule has 4 aliphatic heterocycles. The number of hydrogen-bond donors (Lipinski definition) is 3. The fourth-order valence-corrected chi connectivity index (χ4v) is 7.92. The van der Waals surface area contributed by atoms with Crippen molar-refractivity contribution in [3.63, 3.8) is 0 Å². The lowest BCUT2D eigenvalue weighted by Crippen LogP contribution is -2.54. The second-order valence-corrected chi connectivity index (χ2v) is 12.9. The third-order valence-electron chi connectivity index (χ3n) is 10.8. The average molecular weight is 587 g/mol. The second kappa shape index (κ2) is 10.3. The molecule has 6 atom stereocenters. The predicted molar refractivity (Wildman–Crippen MR) is 166 cm³/mol. The van der Waals surface area contributed by atoms with Crippen LogP contribution >= 0.6 is 0 Å². The standard InChI is InChI=1S/C34H42N4O5/c1-8-19-16(3)22-13-23-17(4)20(10-11-29(40)43-7)31(36-23)21-12-26(39)30-18(5)24(37-32(21)30)14-28-34(42,9-2)33(6,41)27(38-28)15-25(19)35-22/h13-14,17,20-21,32,35,41-42H,8-12,15H2,1-7H3/t17-,20-,21?,32?,33+,34-/m0/s1. The molecule has 5 aliphatic rings. The number of carbonyl (C=O) groups excluding carboxylic acids is 2. The quantitative estimate of drug-likeness (QED) is 0.439. The average Bonchev–Trinajstić information content (AvgIpc) is 3.70. The Bertz CT molecular complexity index is 1620. The van der Waals surface area contributed by atoms with Crippen molar-refractivity contribution >= 4 is 35.0 Å². The summed E-state index contributed by atoms with van der Waals surface area (Å²) in [6.07, 6.45) is 6.41. The Morgan fingerprint density at radius 1 is 1.19 bits per heavy atom. The summed E-state index contributed by atoms with van der Waals surface area (Å²) in [7, 11) is 1.40. The van der Waals surface area contributed by atoms with Gasteiger partial charge in [0.25, 0.3) is 0 Å². The maximum atomic E-state index is 13.5. The summed E-state index contributed by atoms with van der Waals surface area (Å²) in [5, 5.41) is 23.7. The number of ketones is 1.